The largest absolute Gasteiger partial charge is 0.382 e. The Labute approximate surface area is 79.6 Å². The van der Waals surface area contributed by atoms with E-state index in [4.69, 9.17) is 5.73 Å². The molecule has 2 aliphatic heterocycles. The molecule has 6 nitrogen and oxygen atoms in total. The lowest BCUT2D eigenvalue weighted by Gasteiger charge is -2.07. The molecule has 0 aromatic heterocycles. The maximum Gasteiger partial charge on any atom is 0.293 e. The molecule has 0 unspecified atom stereocenters. The molecular formula is C8H9N5O. The van der Waals surface area contributed by atoms with Gasteiger partial charge in [0.15, 0.2) is 11.6 Å². The highest BCUT2D eigenvalue weighted by molar-refractivity contribution is 5.64. The van der Waals surface area contributed by atoms with Gasteiger partial charge >= 0.3 is 0 Å². The fraction of sp³-hybridized carbons (Fsp3) is 0.250. The zero-order chi connectivity index (χ0) is 10.3. The van der Waals surface area contributed by atoms with Crippen molar-refractivity contribution in [1.82, 2.24) is 19.9 Å². The van der Waals surface area contributed by atoms with E-state index in [-0.39, 0.29) is 11.4 Å². The van der Waals surface area contributed by atoms with E-state index in [9.17, 15) is 4.79 Å². The minimum Gasteiger partial charge on any atom is -0.382 e. The average molecular weight is 191 g/mol. The summed E-state index contributed by atoms with van der Waals surface area (Å²) in [5.74, 6) is 1.27. The van der Waals surface area contributed by atoms with Gasteiger partial charge in [0.2, 0.25) is 0 Å². The topological polar surface area (TPSA) is 97.6 Å². The number of hydrogen-bond acceptors (Lipinski definition) is 5. The highest BCUT2D eigenvalue weighted by Crippen LogP contribution is 2.18. The molecule has 0 radical (unpaired) electrons. The lowest BCUT2D eigenvalue weighted by atomic mass is 10.3. The second kappa shape index (κ2) is 2.76. The highest BCUT2D eigenvalue weighted by Gasteiger charge is 2.13. The quantitative estimate of drug-likeness (QED) is 0.604. The fourth-order valence-corrected chi connectivity index (χ4v) is 1.20. The third-order valence-corrected chi connectivity index (χ3v) is 1.86. The van der Waals surface area contributed by atoms with Crippen LogP contribution >= 0.6 is 0 Å². The van der Waals surface area contributed by atoms with Crippen molar-refractivity contribution in [3.8, 4) is 11.5 Å². The molecule has 14 heavy (non-hydrogen) atoms. The summed E-state index contributed by atoms with van der Waals surface area (Å²) in [6, 6.07) is 0. The van der Waals surface area contributed by atoms with Gasteiger partial charge in [0, 0.05) is 0 Å². The number of nitrogens with zero attached hydrogens (tertiary/aromatic N) is 3. The number of nitrogens with two attached hydrogens (primary N) is 1. The summed E-state index contributed by atoms with van der Waals surface area (Å²) in [4.78, 5) is 25.9. The van der Waals surface area contributed by atoms with Crippen LogP contribution in [-0.4, -0.2) is 19.9 Å². The number of fused-ring (bicyclic) bond motifs is 1. The summed E-state index contributed by atoms with van der Waals surface area (Å²) in [7, 11) is 0. The minimum atomic E-state index is -0.348. The van der Waals surface area contributed by atoms with Gasteiger partial charge in [0.1, 0.15) is 17.2 Å². The molecule has 2 aliphatic rings. The first-order valence-electron chi connectivity index (χ1n) is 4.08. The van der Waals surface area contributed by atoms with Crippen LogP contribution in [0, 0.1) is 13.8 Å². The van der Waals surface area contributed by atoms with Gasteiger partial charge in [-0.3, -0.25) is 4.79 Å². The Kier molecular flexibility index (Phi) is 1.70. The van der Waals surface area contributed by atoms with E-state index < -0.39 is 0 Å². The van der Waals surface area contributed by atoms with Crippen LogP contribution in [0.15, 0.2) is 4.79 Å². The van der Waals surface area contributed by atoms with Crippen LogP contribution in [0.3, 0.4) is 0 Å². The lowest BCUT2D eigenvalue weighted by Crippen LogP contribution is -2.17. The number of anilines is 1. The van der Waals surface area contributed by atoms with Crippen LogP contribution in [0.4, 0.5) is 5.82 Å². The predicted molar refractivity (Wildman–Crippen MR) is 51.0 cm³/mol. The van der Waals surface area contributed by atoms with Gasteiger partial charge in [0.05, 0.1) is 0 Å². The fourth-order valence-electron chi connectivity index (χ4n) is 1.20. The number of rotatable bonds is 0. The smallest absolute Gasteiger partial charge is 0.293 e. The second-order valence-electron chi connectivity index (χ2n) is 3.02. The van der Waals surface area contributed by atoms with Crippen molar-refractivity contribution in [3.05, 3.63) is 21.9 Å². The number of nitrogens with one attached hydrogen (secondary N) is 1. The molecule has 0 amide bonds. The normalized spacial score (nSPS) is 10.7. The molecule has 6 heteroatoms. The molecular weight excluding hydrogens is 182 g/mol. The van der Waals surface area contributed by atoms with Crippen molar-refractivity contribution < 1.29 is 0 Å². The van der Waals surface area contributed by atoms with Crippen molar-refractivity contribution in [2.45, 2.75) is 13.8 Å². The van der Waals surface area contributed by atoms with Crippen LogP contribution in [0.1, 0.15) is 11.5 Å². The Bertz CT molecular complexity index is 518. The Morgan fingerprint density at radius 1 is 1.21 bits per heavy atom. The molecule has 0 atom stereocenters. The first-order chi connectivity index (χ1) is 6.58. The number of H-pyrrole nitrogens is 1. The van der Waals surface area contributed by atoms with E-state index in [0.717, 1.165) is 0 Å². The lowest BCUT2D eigenvalue weighted by molar-refractivity contribution is 0.963. The minimum absolute atomic E-state index is 0.284. The molecule has 0 saturated heterocycles. The third kappa shape index (κ3) is 1.20. The average Bonchev–Trinajstić information content (AvgIpc) is 2.08. The molecule has 0 aromatic rings. The molecule has 72 valence electrons. The van der Waals surface area contributed by atoms with Gasteiger partial charge in [-0.15, -0.1) is 0 Å². The van der Waals surface area contributed by atoms with Crippen LogP contribution < -0.4 is 11.3 Å². The maximum atomic E-state index is 11.2. The highest BCUT2D eigenvalue weighted by atomic mass is 16.1. The zero-order valence-corrected chi connectivity index (χ0v) is 7.83. The Morgan fingerprint density at radius 3 is 2.64 bits per heavy atom. The molecule has 3 N–H and O–H groups in total. The van der Waals surface area contributed by atoms with Crippen molar-refractivity contribution in [2.24, 2.45) is 0 Å². The van der Waals surface area contributed by atoms with Crippen LogP contribution in [0.25, 0.3) is 11.5 Å². The number of hydrogen-bond donors (Lipinski definition) is 2. The monoisotopic (exact) mass is 191 g/mol. The molecule has 2 rings (SSSR count). The molecule has 0 aliphatic carbocycles. The van der Waals surface area contributed by atoms with Gasteiger partial charge in [-0.2, -0.15) is 4.98 Å². The van der Waals surface area contributed by atoms with Gasteiger partial charge < -0.3 is 10.7 Å². The first kappa shape index (κ1) is 8.61. The standard InChI is InChI=1S/C8H9N5O/c1-3-8(14)13-7-5(10-3)6(9)11-4(2)12-7/h1-2H3,(H3,9,11,12,13,14). The summed E-state index contributed by atoms with van der Waals surface area (Å²) in [6.45, 7) is 3.33. The van der Waals surface area contributed by atoms with Crippen LogP contribution in [0.5, 0.6) is 0 Å². The van der Waals surface area contributed by atoms with E-state index >= 15 is 0 Å². The van der Waals surface area contributed by atoms with E-state index in [1.165, 1.54) is 0 Å². The zero-order valence-electron chi connectivity index (χ0n) is 7.83. The molecule has 0 aromatic carbocycles. The number of aromatic amines is 1. The predicted octanol–water partition coefficient (Wildman–Crippen LogP) is -0.136. The molecule has 0 bridgehead atoms. The Hall–Kier alpha value is -1.98. The van der Waals surface area contributed by atoms with Crippen LogP contribution in [-0.2, 0) is 0 Å². The van der Waals surface area contributed by atoms with Crippen molar-refractivity contribution >= 4 is 5.82 Å². The van der Waals surface area contributed by atoms with E-state index in [1.807, 2.05) is 0 Å². The second-order valence-corrected chi connectivity index (χ2v) is 3.02. The molecule has 2 heterocycles. The van der Waals surface area contributed by atoms with Gasteiger partial charge in [-0.25, -0.2) is 9.97 Å². The Morgan fingerprint density at radius 2 is 1.93 bits per heavy atom. The maximum absolute atomic E-state index is 11.2. The van der Waals surface area contributed by atoms with E-state index in [1.54, 1.807) is 13.8 Å². The number of aryl methyl sites for hydroxylation is 2. The van der Waals surface area contributed by atoms with Crippen molar-refractivity contribution in [2.75, 3.05) is 5.73 Å². The SMILES string of the molecule is Cc1nc(N)c2nc(C)c(=O)nc-2[nH]1. The number of aromatic nitrogens is 4. The van der Waals surface area contributed by atoms with Gasteiger partial charge in [0.25, 0.3) is 5.56 Å². The Balaban J connectivity index is 2.89. The van der Waals surface area contributed by atoms with E-state index in [2.05, 4.69) is 19.9 Å². The number of nitrogen functional groups attached to an aromatic ring is 1. The molecule has 0 fully saturated rings. The summed E-state index contributed by atoms with van der Waals surface area (Å²) in [5, 5.41) is 0. The summed E-state index contributed by atoms with van der Waals surface area (Å²) < 4.78 is 0. The summed E-state index contributed by atoms with van der Waals surface area (Å²) in [6.07, 6.45) is 0. The summed E-state index contributed by atoms with van der Waals surface area (Å²) in [5.41, 5.74) is 6.05. The van der Waals surface area contributed by atoms with Crippen molar-refractivity contribution in [3.63, 3.8) is 0 Å². The molecule has 0 spiro atoms. The van der Waals surface area contributed by atoms with Crippen LogP contribution in [0.2, 0.25) is 0 Å². The molecule has 0 saturated carbocycles. The van der Waals surface area contributed by atoms with Gasteiger partial charge in [-0.05, 0) is 13.8 Å². The third-order valence-electron chi connectivity index (χ3n) is 1.86. The van der Waals surface area contributed by atoms with Gasteiger partial charge in [-0.1, -0.05) is 0 Å². The van der Waals surface area contributed by atoms with E-state index in [0.29, 0.717) is 23.0 Å². The summed E-state index contributed by atoms with van der Waals surface area (Å²) >= 11 is 0. The first-order valence-corrected chi connectivity index (χ1v) is 4.08. The van der Waals surface area contributed by atoms with Crippen molar-refractivity contribution in [1.29, 1.82) is 0 Å².